The molecule has 0 spiro atoms. The van der Waals surface area contributed by atoms with Crippen molar-refractivity contribution in [1.29, 1.82) is 0 Å². The predicted molar refractivity (Wildman–Crippen MR) is 136 cm³/mol. The Labute approximate surface area is 204 Å². The lowest BCUT2D eigenvalue weighted by molar-refractivity contribution is -0.146. The summed E-state index contributed by atoms with van der Waals surface area (Å²) in [5, 5.41) is 4.22. The van der Waals surface area contributed by atoms with E-state index in [0.717, 1.165) is 27.6 Å². The molecule has 0 bridgehead atoms. The Morgan fingerprint density at radius 2 is 1.71 bits per heavy atom. The molecule has 6 nitrogen and oxygen atoms in total. The number of pyridine rings is 1. The van der Waals surface area contributed by atoms with Crippen molar-refractivity contribution in [1.82, 2.24) is 15.2 Å². The van der Waals surface area contributed by atoms with Crippen LogP contribution in [-0.2, 0) is 16.1 Å². The van der Waals surface area contributed by atoms with Gasteiger partial charge in [-0.3, -0.25) is 19.5 Å². The van der Waals surface area contributed by atoms with Gasteiger partial charge in [0.25, 0.3) is 5.91 Å². The van der Waals surface area contributed by atoms with Crippen molar-refractivity contribution in [2.24, 2.45) is 0 Å². The number of aromatic nitrogens is 1. The summed E-state index contributed by atoms with van der Waals surface area (Å²) >= 11 is 0. The molecule has 0 unspecified atom stereocenters. The van der Waals surface area contributed by atoms with Crippen LogP contribution in [0.3, 0.4) is 0 Å². The van der Waals surface area contributed by atoms with Gasteiger partial charge < -0.3 is 10.1 Å². The van der Waals surface area contributed by atoms with Crippen LogP contribution in [0.25, 0.3) is 22.0 Å². The van der Waals surface area contributed by atoms with E-state index in [1.165, 1.54) is 7.11 Å². The van der Waals surface area contributed by atoms with Crippen LogP contribution in [-0.4, -0.2) is 47.5 Å². The van der Waals surface area contributed by atoms with Crippen LogP contribution >= 0.6 is 0 Å². The van der Waals surface area contributed by atoms with E-state index in [4.69, 9.17) is 4.74 Å². The maximum Gasteiger partial charge on any atom is 0.323 e. The van der Waals surface area contributed by atoms with E-state index in [9.17, 15) is 9.59 Å². The van der Waals surface area contributed by atoms with Crippen molar-refractivity contribution in [3.05, 3.63) is 102 Å². The second-order valence-corrected chi connectivity index (χ2v) is 8.77. The number of benzene rings is 3. The van der Waals surface area contributed by atoms with Gasteiger partial charge in [0.1, 0.15) is 6.04 Å². The zero-order chi connectivity index (χ0) is 24.2. The molecule has 1 aromatic heterocycles. The highest BCUT2D eigenvalue weighted by atomic mass is 16.5. The van der Waals surface area contributed by atoms with E-state index >= 15 is 0 Å². The molecule has 2 heterocycles. The van der Waals surface area contributed by atoms with Gasteiger partial charge in [-0.25, -0.2) is 0 Å². The topological polar surface area (TPSA) is 71.5 Å². The van der Waals surface area contributed by atoms with E-state index in [-0.39, 0.29) is 17.9 Å². The Morgan fingerprint density at radius 1 is 0.971 bits per heavy atom. The van der Waals surface area contributed by atoms with E-state index in [1.807, 2.05) is 84.9 Å². The van der Waals surface area contributed by atoms with E-state index < -0.39 is 6.04 Å². The molecular formula is C29H27N3O3. The Balaban J connectivity index is 1.37. The molecule has 176 valence electrons. The number of para-hydroxylation sites is 1. The quantitative estimate of drug-likeness (QED) is 0.426. The Bertz CT molecular complexity index is 1350. The van der Waals surface area contributed by atoms with E-state index in [2.05, 4.69) is 15.2 Å². The molecule has 2 atom stereocenters. The van der Waals surface area contributed by atoms with Gasteiger partial charge >= 0.3 is 5.97 Å². The van der Waals surface area contributed by atoms with Gasteiger partial charge in [-0.2, -0.15) is 0 Å². The van der Waals surface area contributed by atoms with E-state index in [1.54, 1.807) is 6.20 Å². The second-order valence-electron chi connectivity index (χ2n) is 8.77. The number of esters is 1. The molecule has 1 N–H and O–H groups in total. The molecule has 0 saturated carbocycles. The van der Waals surface area contributed by atoms with Crippen molar-refractivity contribution in [3.8, 4) is 11.1 Å². The van der Waals surface area contributed by atoms with Gasteiger partial charge in [-0.15, -0.1) is 0 Å². The molecular weight excluding hydrogens is 438 g/mol. The monoisotopic (exact) mass is 465 g/mol. The molecule has 1 fully saturated rings. The minimum atomic E-state index is -0.429. The summed E-state index contributed by atoms with van der Waals surface area (Å²) in [6.07, 6.45) is 2.29. The summed E-state index contributed by atoms with van der Waals surface area (Å²) < 4.78 is 5.10. The number of amides is 1. The molecule has 5 rings (SSSR count). The van der Waals surface area contributed by atoms with Crippen LogP contribution in [0.4, 0.5) is 0 Å². The molecule has 35 heavy (non-hydrogen) atoms. The first kappa shape index (κ1) is 22.7. The number of carbonyl (C=O) groups is 2. The number of likely N-dealkylation sites (tertiary alicyclic amines) is 1. The maximum absolute atomic E-state index is 13.3. The number of ether oxygens (including phenoxy) is 1. The number of methoxy groups -OCH3 is 1. The number of carbonyl (C=O) groups excluding carboxylic acids is 2. The van der Waals surface area contributed by atoms with Crippen LogP contribution in [0.2, 0.25) is 0 Å². The Hall–Kier alpha value is -4.03. The van der Waals surface area contributed by atoms with Gasteiger partial charge in [0, 0.05) is 36.3 Å². The maximum atomic E-state index is 13.3. The first-order valence-electron chi connectivity index (χ1n) is 11.7. The number of nitrogens with one attached hydrogen (secondary N) is 1. The first-order valence-corrected chi connectivity index (χ1v) is 11.7. The highest BCUT2D eigenvalue weighted by molar-refractivity contribution is 6.01. The zero-order valence-corrected chi connectivity index (χ0v) is 19.6. The van der Waals surface area contributed by atoms with Crippen LogP contribution in [0.15, 0.2) is 91.1 Å². The highest BCUT2D eigenvalue weighted by Crippen LogP contribution is 2.27. The fraction of sp³-hybridized carbons (Fsp3) is 0.207. The molecule has 1 saturated heterocycles. The van der Waals surface area contributed by atoms with Crippen LogP contribution in [0.5, 0.6) is 0 Å². The summed E-state index contributed by atoms with van der Waals surface area (Å²) in [6.45, 7) is 1.12. The summed E-state index contributed by atoms with van der Waals surface area (Å²) in [7, 11) is 1.41. The number of rotatable bonds is 6. The largest absolute Gasteiger partial charge is 0.468 e. The smallest absolute Gasteiger partial charge is 0.323 e. The number of nitrogens with zero attached hydrogens (tertiary/aromatic N) is 2. The number of hydrogen-bond donors (Lipinski definition) is 1. The van der Waals surface area contributed by atoms with Crippen LogP contribution in [0.1, 0.15) is 22.3 Å². The fourth-order valence-corrected chi connectivity index (χ4v) is 4.89. The molecule has 4 aromatic rings. The lowest BCUT2D eigenvalue weighted by Crippen LogP contribution is -2.38. The van der Waals surface area contributed by atoms with Crippen molar-refractivity contribution >= 4 is 22.8 Å². The van der Waals surface area contributed by atoms with Crippen molar-refractivity contribution in [3.63, 3.8) is 0 Å². The molecule has 1 amide bonds. The minimum absolute atomic E-state index is 0.144. The molecule has 1 aliphatic rings. The molecule has 0 radical (unpaired) electrons. The number of hydrogen-bond acceptors (Lipinski definition) is 5. The molecule has 6 heteroatoms. The fourth-order valence-electron chi connectivity index (χ4n) is 4.89. The summed E-state index contributed by atoms with van der Waals surface area (Å²) in [4.78, 5) is 32.5. The first-order chi connectivity index (χ1) is 17.1. The highest BCUT2D eigenvalue weighted by Gasteiger charge is 2.38. The normalized spacial score (nSPS) is 17.9. The van der Waals surface area contributed by atoms with Gasteiger partial charge in [-0.05, 0) is 41.3 Å². The van der Waals surface area contributed by atoms with Gasteiger partial charge in [0.05, 0.1) is 12.6 Å². The third-order valence-corrected chi connectivity index (χ3v) is 6.58. The summed E-state index contributed by atoms with van der Waals surface area (Å²) in [6, 6.07) is 26.8. The molecule has 3 aromatic carbocycles. The van der Waals surface area contributed by atoms with Crippen LogP contribution in [0, 0.1) is 0 Å². The third kappa shape index (κ3) is 4.79. The third-order valence-electron chi connectivity index (χ3n) is 6.58. The minimum Gasteiger partial charge on any atom is -0.468 e. The lowest BCUT2D eigenvalue weighted by atomic mass is 9.99. The average molecular weight is 466 g/mol. The SMILES string of the molecule is COC(=O)[C@@H]1C[C@@H](NC(=O)c2ccccc2-c2ccccc2)CN1Cc1ccnc2ccccc12. The van der Waals surface area contributed by atoms with Crippen molar-refractivity contribution in [2.45, 2.75) is 25.0 Å². The zero-order valence-electron chi connectivity index (χ0n) is 19.6. The lowest BCUT2D eigenvalue weighted by Gasteiger charge is -2.22. The second kappa shape index (κ2) is 10.1. The Kier molecular flexibility index (Phi) is 6.55. The predicted octanol–water partition coefficient (Wildman–Crippen LogP) is 4.45. The van der Waals surface area contributed by atoms with Crippen LogP contribution < -0.4 is 5.32 Å². The van der Waals surface area contributed by atoms with E-state index in [0.29, 0.717) is 25.1 Å². The van der Waals surface area contributed by atoms with Gasteiger partial charge in [0.2, 0.25) is 0 Å². The standard InChI is InChI=1S/C29H27N3O3/c1-35-29(34)27-17-22(19-32(27)18-21-15-16-30-26-14-8-7-12-24(21)26)31-28(33)25-13-6-5-11-23(25)20-9-3-2-4-10-20/h2-16,22,27H,17-19H2,1H3,(H,31,33)/t22-,27+/m1/s1. The molecule has 0 aliphatic carbocycles. The van der Waals surface area contributed by atoms with Gasteiger partial charge in [-0.1, -0.05) is 66.7 Å². The Morgan fingerprint density at radius 3 is 2.54 bits per heavy atom. The summed E-state index contributed by atoms with van der Waals surface area (Å²) in [5.74, 6) is -0.431. The summed E-state index contributed by atoms with van der Waals surface area (Å²) in [5.41, 5.74) is 4.50. The van der Waals surface area contributed by atoms with Crippen molar-refractivity contribution in [2.75, 3.05) is 13.7 Å². The molecule has 1 aliphatic heterocycles. The van der Waals surface area contributed by atoms with Gasteiger partial charge in [0.15, 0.2) is 0 Å². The number of fused-ring (bicyclic) bond motifs is 1. The average Bonchev–Trinajstić information content (AvgIpc) is 3.30. The van der Waals surface area contributed by atoms with Crippen molar-refractivity contribution < 1.29 is 14.3 Å².